The molecule has 1 fully saturated rings. The summed E-state index contributed by atoms with van der Waals surface area (Å²) in [6.45, 7) is 2.69. The highest BCUT2D eigenvalue weighted by atomic mass is 16.5. The Morgan fingerprint density at radius 3 is 2.60 bits per heavy atom. The molecule has 2 N–H and O–H groups in total. The maximum absolute atomic E-state index is 6.24. The van der Waals surface area contributed by atoms with Crippen molar-refractivity contribution in [2.45, 2.75) is 32.4 Å². The first-order valence-corrected chi connectivity index (χ1v) is 7.26. The fraction of sp³-hybridized carbons (Fsp3) is 0.333. The maximum Gasteiger partial charge on any atom is 0.120 e. The molecule has 0 unspecified atom stereocenters. The van der Waals surface area contributed by atoms with Crippen LogP contribution in [0.5, 0.6) is 5.75 Å². The lowest BCUT2D eigenvalue weighted by atomic mass is 10.0. The van der Waals surface area contributed by atoms with Crippen molar-refractivity contribution < 1.29 is 4.74 Å². The van der Waals surface area contributed by atoms with E-state index in [4.69, 9.17) is 10.5 Å². The molecule has 2 nitrogen and oxygen atoms in total. The van der Waals surface area contributed by atoms with Gasteiger partial charge >= 0.3 is 0 Å². The van der Waals surface area contributed by atoms with Crippen molar-refractivity contribution in [3.63, 3.8) is 0 Å². The van der Waals surface area contributed by atoms with Gasteiger partial charge in [-0.05, 0) is 48.9 Å². The fourth-order valence-corrected chi connectivity index (χ4v) is 2.39. The summed E-state index contributed by atoms with van der Waals surface area (Å²) < 4.78 is 5.87. The normalized spacial score (nSPS) is 15.9. The van der Waals surface area contributed by atoms with Crippen molar-refractivity contribution in [2.75, 3.05) is 0 Å². The highest BCUT2D eigenvalue weighted by molar-refractivity contribution is 5.32. The van der Waals surface area contributed by atoms with Crippen LogP contribution in [0, 0.1) is 12.8 Å². The highest BCUT2D eigenvalue weighted by Gasteiger charge is 2.29. The first kappa shape index (κ1) is 13.2. The number of ether oxygens (including phenoxy) is 1. The van der Waals surface area contributed by atoms with Gasteiger partial charge in [0.2, 0.25) is 0 Å². The average Bonchev–Trinajstić information content (AvgIpc) is 3.31. The van der Waals surface area contributed by atoms with E-state index in [1.54, 1.807) is 0 Å². The Hall–Kier alpha value is -1.80. The van der Waals surface area contributed by atoms with Crippen LogP contribution in [0.25, 0.3) is 0 Å². The zero-order valence-electron chi connectivity index (χ0n) is 11.9. The van der Waals surface area contributed by atoms with Gasteiger partial charge in [-0.2, -0.15) is 0 Å². The number of benzene rings is 2. The van der Waals surface area contributed by atoms with E-state index in [9.17, 15) is 0 Å². The topological polar surface area (TPSA) is 35.2 Å². The monoisotopic (exact) mass is 267 g/mol. The zero-order valence-corrected chi connectivity index (χ0v) is 11.9. The second kappa shape index (κ2) is 5.68. The Balaban J connectivity index is 1.65. The number of aryl methyl sites for hydroxylation is 1. The predicted octanol–water partition coefficient (Wildman–Crippen LogP) is 3.98. The summed E-state index contributed by atoms with van der Waals surface area (Å²) in [6.07, 6.45) is 2.52. The molecule has 3 rings (SSSR count). The Labute approximate surface area is 120 Å². The second-order valence-electron chi connectivity index (χ2n) is 5.71. The quantitative estimate of drug-likeness (QED) is 0.889. The SMILES string of the molecule is Cc1ccc(COc2cccc([C@H](N)C3CC3)c2)cc1. The van der Waals surface area contributed by atoms with Gasteiger partial charge in [-0.1, -0.05) is 42.0 Å². The lowest BCUT2D eigenvalue weighted by molar-refractivity contribution is 0.305. The summed E-state index contributed by atoms with van der Waals surface area (Å²) in [4.78, 5) is 0. The third kappa shape index (κ3) is 3.20. The summed E-state index contributed by atoms with van der Waals surface area (Å²) >= 11 is 0. The molecule has 1 aliphatic rings. The van der Waals surface area contributed by atoms with E-state index in [1.165, 1.54) is 29.5 Å². The molecule has 20 heavy (non-hydrogen) atoms. The van der Waals surface area contributed by atoms with Crippen LogP contribution in [0.1, 0.15) is 35.6 Å². The van der Waals surface area contributed by atoms with Crippen molar-refractivity contribution in [2.24, 2.45) is 11.7 Å². The van der Waals surface area contributed by atoms with Gasteiger partial charge in [-0.15, -0.1) is 0 Å². The molecule has 104 valence electrons. The summed E-state index contributed by atoms with van der Waals surface area (Å²) in [7, 11) is 0. The molecular formula is C18H21NO. The van der Waals surface area contributed by atoms with Crippen molar-refractivity contribution in [3.05, 3.63) is 65.2 Å². The molecule has 0 saturated heterocycles. The van der Waals surface area contributed by atoms with Gasteiger partial charge in [0, 0.05) is 6.04 Å². The van der Waals surface area contributed by atoms with E-state index >= 15 is 0 Å². The van der Waals surface area contributed by atoms with Crippen LogP contribution >= 0.6 is 0 Å². The minimum atomic E-state index is 0.165. The maximum atomic E-state index is 6.24. The van der Waals surface area contributed by atoms with E-state index in [2.05, 4.69) is 43.3 Å². The van der Waals surface area contributed by atoms with Crippen molar-refractivity contribution in [1.29, 1.82) is 0 Å². The standard InChI is InChI=1S/C18H21NO/c1-13-5-7-14(8-6-13)12-20-17-4-2-3-16(11-17)18(19)15-9-10-15/h2-8,11,15,18H,9-10,12,19H2,1H3/t18-/m1/s1. The minimum Gasteiger partial charge on any atom is -0.489 e. The van der Waals surface area contributed by atoms with Crippen molar-refractivity contribution in [3.8, 4) is 5.75 Å². The summed E-state index contributed by atoms with van der Waals surface area (Å²) in [5.41, 5.74) is 9.88. The van der Waals surface area contributed by atoms with Gasteiger partial charge in [0.05, 0.1) is 0 Å². The number of hydrogen-bond donors (Lipinski definition) is 1. The van der Waals surface area contributed by atoms with E-state index in [1.807, 2.05) is 12.1 Å². The van der Waals surface area contributed by atoms with Crippen LogP contribution < -0.4 is 10.5 Å². The summed E-state index contributed by atoms with van der Waals surface area (Å²) in [6, 6.07) is 16.8. The number of hydrogen-bond acceptors (Lipinski definition) is 2. The van der Waals surface area contributed by atoms with Gasteiger partial charge in [0.25, 0.3) is 0 Å². The molecule has 2 aromatic carbocycles. The Morgan fingerprint density at radius 1 is 1.15 bits per heavy atom. The highest BCUT2D eigenvalue weighted by Crippen LogP contribution is 2.39. The lowest BCUT2D eigenvalue weighted by Crippen LogP contribution is -2.12. The van der Waals surface area contributed by atoms with Gasteiger partial charge in [0.15, 0.2) is 0 Å². The van der Waals surface area contributed by atoms with E-state index in [-0.39, 0.29) is 6.04 Å². The number of rotatable bonds is 5. The Kier molecular flexibility index (Phi) is 3.75. The zero-order chi connectivity index (χ0) is 13.9. The Morgan fingerprint density at radius 2 is 1.90 bits per heavy atom. The predicted molar refractivity (Wildman–Crippen MR) is 81.6 cm³/mol. The van der Waals surface area contributed by atoms with Crippen molar-refractivity contribution in [1.82, 2.24) is 0 Å². The number of nitrogens with two attached hydrogens (primary N) is 1. The molecule has 1 atom stereocenters. The van der Waals surface area contributed by atoms with E-state index in [0.717, 1.165) is 5.75 Å². The van der Waals surface area contributed by atoms with Crippen LogP contribution in [-0.4, -0.2) is 0 Å². The molecule has 0 radical (unpaired) electrons. The first-order valence-electron chi connectivity index (χ1n) is 7.26. The van der Waals surface area contributed by atoms with E-state index < -0.39 is 0 Å². The average molecular weight is 267 g/mol. The van der Waals surface area contributed by atoms with Crippen LogP contribution in [0.3, 0.4) is 0 Å². The molecule has 0 bridgehead atoms. The van der Waals surface area contributed by atoms with E-state index in [0.29, 0.717) is 12.5 Å². The fourth-order valence-electron chi connectivity index (χ4n) is 2.39. The van der Waals surface area contributed by atoms with Gasteiger partial charge in [-0.3, -0.25) is 0 Å². The van der Waals surface area contributed by atoms with Crippen LogP contribution in [-0.2, 0) is 6.61 Å². The molecule has 0 aliphatic heterocycles. The molecule has 2 aromatic rings. The Bertz CT molecular complexity index is 572. The molecule has 2 heteroatoms. The lowest BCUT2D eigenvalue weighted by Gasteiger charge is -2.13. The smallest absolute Gasteiger partial charge is 0.120 e. The summed E-state index contributed by atoms with van der Waals surface area (Å²) in [5.74, 6) is 1.57. The third-order valence-corrected chi connectivity index (χ3v) is 3.90. The second-order valence-corrected chi connectivity index (χ2v) is 5.71. The molecule has 0 aromatic heterocycles. The molecule has 0 spiro atoms. The van der Waals surface area contributed by atoms with Crippen molar-refractivity contribution >= 4 is 0 Å². The van der Waals surface area contributed by atoms with Crippen LogP contribution in [0.15, 0.2) is 48.5 Å². The van der Waals surface area contributed by atoms with Gasteiger partial charge in [-0.25, -0.2) is 0 Å². The third-order valence-electron chi connectivity index (χ3n) is 3.90. The summed E-state index contributed by atoms with van der Waals surface area (Å²) in [5, 5.41) is 0. The molecule has 1 saturated carbocycles. The largest absolute Gasteiger partial charge is 0.489 e. The van der Waals surface area contributed by atoms with Crippen LogP contribution in [0.4, 0.5) is 0 Å². The molecular weight excluding hydrogens is 246 g/mol. The molecule has 1 aliphatic carbocycles. The van der Waals surface area contributed by atoms with Gasteiger partial charge < -0.3 is 10.5 Å². The van der Waals surface area contributed by atoms with Gasteiger partial charge in [0.1, 0.15) is 12.4 Å². The van der Waals surface area contributed by atoms with Crippen LogP contribution in [0.2, 0.25) is 0 Å². The first-order chi connectivity index (χ1) is 9.72. The molecule has 0 heterocycles. The molecule has 0 amide bonds. The minimum absolute atomic E-state index is 0.165.